The Morgan fingerprint density at radius 3 is 2.06 bits per heavy atom. The van der Waals surface area contributed by atoms with Gasteiger partial charge in [-0.25, -0.2) is 0 Å². The Bertz CT molecular complexity index is 864. The van der Waals surface area contributed by atoms with Crippen LogP contribution in [0.1, 0.15) is 38.7 Å². The van der Waals surface area contributed by atoms with Crippen LogP contribution in [0.2, 0.25) is 5.02 Å². The Morgan fingerprint density at radius 1 is 0.969 bits per heavy atom. The fourth-order valence-corrected chi connectivity index (χ4v) is 5.21. The van der Waals surface area contributed by atoms with E-state index in [-0.39, 0.29) is 35.5 Å². The van der Waals surface area contributed by atoms with Gasteiger partial charge in [0.2, 0.25) is 17.7 Å². The summed E-state index contributed by atoms with van der Waals surface area (Å²) in [6, 6.07) is 7.15. The Hall–Kier alpha value is -2.18. The Labute approximate surface area is 195 Å². The van der Waals surface area contributed by atoms with Crippen LogP contribution in [0.5, 0.6) is 0 Å². The third kappa shape index (κ3) is 4.76. The van der Waals surface area contributed by atoms with Gasteiger partial charge in [0, 0.05) is 37.7 Å². The van der Waals surface area contributed by atoms with Gasteiger partial charge < -0.3 is 4.90 Å². The molecule has 1 aromatic rings. The summed E-state index contributed by atoms with van der Waals surface area (Å²) >= 11 is 5.98. The molecule has 2 heterocycles. The fraction of sp³-hybridized carbons (Fsp3) is 0.560. The number of allylic oxidation sites excluding steroid dienone is 2. The van der Waals surface area contributed by atoms with Crippen LogP contribution in [-0.4, -0.2) is 64.6 Å². The van der Waals surface area contributed by atoms with Crippen LogP contribution in [0.25, 0.3) is 0 Å². The first-order chi connectivity index (χ1) is 15.3. The van der Waals surface area contributed by atoms with E-state index in [1.165, 1.54) is 10.5 Å². The number of hydrogen-bond acceptors (Lipinski definition) is 4. The molecule has 0 bridgehead atoms. The van der Waals surface area contributed by atoms with Gasteiger partial charge in [0.15, 0.2) is 0 Å². The Morgan fingerprint density at radius 2 is 1.53 bits per heavy atom. The number of likely N-dealkylation sites (tertiary alicyclic amines) is 1. The second-order valence-corrected chi connectivity index (χ2v) is 10.0. The highest BCUT2D eigenvalue weighted by atomic mass is 35.5. The second-order valence-electron chi connectivity index (χ2n) is 9.58. The van der Waals surface area contributed by atoms with Gasteiger partial charge in [-0.2, -0.15) is 0 Å². The number of rotatable bonds is 6. The van der Waals surface area contributed by atoms with Crippen molar-refractivity contribution in [3.63, 3.8) is 0 Å². The zero-order valence-corrected chi connectivity index (χ0v) is 19.6. The quantitative estimate of drug-likeness (QED) is 0.485. The van der Waals surface area contributed by atoms with Gasteiger partial charge in [0.1, 0.15) is 6.04 Å². The minimum Gasteiger partial charge on any atom is -0.338 e. The monoisotopic (exact) mass is 457 g/mol. The van der Waals surface area contributed by atoms with Crippen LogP contribution in [-0.2, 0) is 20.9 Å². The molecule has 3 aliphatic rings. The van der Waals surface area contributed by atoms with Crippen molar-refractivity contribution in [3.05, 3.63) is 47.0 Å². The van der Waals surface area contributed by atoms with E-state index in [1.807, 2.05) is 55.2 Å². The molecule has 0 N–H and O–H groups in total. The first-order valence-corrected chi connectivity index (χ1v) is 12.0. The van der Waals surface area contributed by atoms with Crippen LogP contribution >= 0.6 is 11.6 Å². The number of benzene rings is 1. The highest BCUT2D eigenvalue weighted by molar-refractivity contribution is 6.30. The first-order valence-electron chi connectivity index (χ1n) is 11.6. The molecule has 7 heteroatoms. The number of carbonyl (C=O) groups excluding carboxylic acids is 3. The van der Waals surface area contributed by atoms with Crippen molar-refractivity contribution in [1.82, 2.24) is 14.7 Å². The molecule has 0 radical (unpaired) electrons. The number of fused-ring (bicyclic) bond motifs is 1. The standard InChI is InChI=1S/C25H32ClN3O3/c1-17(2)15-22(29-23(30)20-5-3-4-6-21(20)24(29)31)25(32)28-13-11-27(12-14-28)16-18-7-9-19(26)10-8-18/h3-4,7-10,17,20-22H,5-6,11-16H2,1-2H3. The molecule has 0 aromatic heterocycles. The molecule has 172 valence electrons. The minimum atomic E-state index is -0.691. The third-order valence-electron chi connectivity index (χ3n) is 6.84. The highest BCUT2D eigenvalue weighted by Crippen LogP contribution is 2.37. The highest BCUT2D eigenvalue weighted by Gasteiger charge is 2.51. The van der Waals surface area contributed by atoms with Crippen molar-refractivity contribution in [2.75, 3.05) is 26.2 Å². The lowest BCUT2D eigenvalue weighted by atomic mass is 9.85. The van der Waals surface area contributed by atoms with Gasteiger partial charge >= 0.3 is 0 Å². The van der Waals surface area contributed by atoms with E-state index in [0.29, 0.717) is 32.4 Å². The zero-order valence-electron chi connectivity index (χ0n) is 18.9. The summed E-state index contributed by atoms with van der Waals surface area (Å²) < 4.78 is 0. The number of imide groups is 1. The third-order valence-corrected chi connectivity index (χ3v) is 7.09. The van der Waals surface area contributed by atoms with Gasteiger partial charge in [0.05, 0.1) is 11.8 Å². The number of hydrogen-bond donors (Lipinski definition) is 0. The molecule has 4 rings (SSSR count). The molecule has 32 heavy (non-hydrogen) atoms. The van der Waals surface area contributed by atoms with Crippen molar-refractivity contribution in [1.29, 1.82) is 0 Å². The molecule has 0 spiro atoms. The van der Waals surface area contributed by atoms with Crippen LogP contribution in [0.15, 0.2) is 36.4 Å². The summed E-state index contributed by atoms with van der Waals surface area (Å²) in [5.74, 6) is -0.804. The van der Waals surface area contributed by atoms with Crippen LogP contribution in [0, 0.1) is 17.8 Å². The summed E-state index contributed by atoms with van der Waals surface area (Å²) in [6.45, 7) is 7.61. The van der Waals surface area contributed by atoms with Crippen molar-refractivity contribution < 1.29 is 14.4 Å². The predicted octanol–water partition coefficient (Wildman–Crippen LogP) is 3.35. The minimum absolute atomic E-state index is 0.0850. The summed E-state index contributed by atoms with van der Waals surface area (Å²) in [5, 5.41) is 0.724. The van der Waals surface area contributed by atoms with Gasteiger partial charge in [-0.1, -0.05) is 49.7 Å². The molecule has 3 unspecified atom stereocenters. The summed E-state index contributed by atoms with van der Waals surface area (Å²) in [6.07, 6.45) is 5.66. The van der Waals surface area contributed by atoms with E-state index in [2.05, 4.69) is 4.90 Å². The van der Waals surface area contributed by atoms with Crippen LogP contribution in [0.3, 0.4) is 0 Å². The predicted molar refractivity (Wildman–Crippen MR) is 124 cm³/mol. The van der Waals surface area contributed by atoms with E-state index in [0.717, 1.165) is 24.7 Å². The van der Waals surface area contributed by atoms with Crippen molar-refractivity contribution in [2.24, 2.45) is 17.8 Å². The van der Waals surface area contributed by atoms with Gasteiger partial charge in [-0.05, 0) is 42.9 Å². The topological polar surface area (TPSA) is 60.9 Å². The van der Waals surface area contributed by atoms with Gasteiger partial charge in [0.25, 0.3) is 0 Å². The smallest absolute Gasteiger partial charge is 0.245 e. The Kier molecular flexibility index (Phi) is 7.01. The summed E-state index contributed by atoms with van der Waals surface area (Å²) in [4.78, 5) is 45.3. The van der Waals surface area contributed by atoms with Gasteiger partial charge in [-0.3, -0.25) is 24.2 Å². The lowest BCUT2D eigenvalue weighted by Crippen LogP contribution is -2.56. The molecule has 3 amide bonds. The molecule has 6 nitrogen and oxygen atoms in total. The average molecular weight is 458 g/mol. The number of piperazine rings is 1. The molecule has 0 saturated carbocycles. The molecular weight excluding hydrogens is 426 g/mol. The molecular formula is C25H32ClN3O3. The van der Waals surface area contributed by atoms with E-state index >= 15 is 0 Å². The first kappa shape index (κ1) is 23.0. The van der Waals surface area contributed by atoms with E-state index in [4.69, 9.17) is 11.6 Å². The van der Waals surface area contributed by atoms with Gasteiger partial charge in [-0.15, -0.1) is 0 Å². The molecule has 3 atom stereocenters. The largest absolute Gasteiger partial charge is 0.338 e. The lowest BCUT2D eigenvalue weighted by Gasteiger charge is -2.38. The fourth-order valence-electron chi connectivity index (χ4n) is 5.08. The maximum absolute atomic E-state index is 13.6. The number of amides is 3. The maximum atomic E-state index is 13.6. The molecule has 2 fully saturated rings. The van der Waals surface area contributed by atoms with Crippen molar-refractivity contribution in [2.45, 2.75) is 45.7 Å². The number of halogens is 1. The van der Waals surface area contributed by atoms with E-state index < -0.39 is 6.04 Å². The summed E-state index contributed by atoms with van der Waals surface area (Å²) in [7, 11) is 0. The van der Waals surface area contributed by atoms with Crippen molar-refractivity contribution >= 4 is 29.3 Å². The normalized spacial score (nSPS) is 24.9. The molecule has 2 saturated heterocycles. The molecule has 2 aliphatic heterocycles. The molecule has 1 aliphatic carbocycles. The second kappa shape index (κ2) is 9.75. The SMILES string of the molecule is CC(C)CC(C(=O)N1CCN(Cc2ccc(Cl)cc2)CC1)N1C(=O)C2CC=CCC2C1=O. The van der Waals surface area contributed by atoms with E-state index in [9.17, 15) is 14.4 Å². The van der Waals surface area contributed by atoms with Crippen LogP contribution in [0.4, 0.5) is 0 Å². The number of nitrogens with zero attached hydrogens (tertiary/aromatic N) is 3. The zero-order chi connectivity index (χ0) is 22.8. The summed E-state index contributed by atoms with van der Waals surface area (Å²) in [5.41, 5.74) is 1.19. The average Bonchev–Trinajstić information content (AvgIpc) is 3.04. The molecule has 1 aromatic carbocycles. The van der Waals surface area contributed by atoms with E-state index in [1.54, 1.807) is 0 Å². The number of carbonyl (C=O) groups is 3. The maximum Gasteiger partial charge on any atom is 0.245 e. The van der Waals surface area contributed by atoms with Crippen molar-refractivity contribution in [3.8, 4) is 0 Å². The van der Waals surface area contributed by atoms with Crippen LogP contribution < -0.4 is 0 Å². The Balaban J connectivity index is 1.42. The lowest BCUT2D eigenvalue weighted by molar-refractivity contribution is -0.153.